The van der Waals surface area contributed by atoms with Crippen LogP contribution in [-0.2, 0) is 6.54 Å². The molecular formula is C15H14FNO3. The number of hydrogen-bond donors (Lipinski definition) is 2. The average Bonchev–Trinajstić information content (AvgIpc) is 2.38. The zero-order chi connectivity index (χ0) is 14.7. The van der Waals surface area contributed by atoms with Crippen LogP contribution in [0.3, 0.4) is 0 Å². The van der Waals surface area contributed by atoms with E-state index in [1.165, 1.54) is 29.2 Å². The van der Waals surface area contributed by atoms with Crippen molar-refractivity contribution in [3.05, 3.63) is 59.4 Å². The van der Waals surface area contributed by atoms with Crippen LogP contribution in [0.5, 0.6) is 11.5 Å². The van der Waals surface area contributed by atoms with Crippen molar-refractivity contribution in [3.8, 4) is 11.5 Å². The summed E-state index contributed by atoms with van der Waals surface area (Å²) in [6.07, 6.45) is 0. The molecule has 0 saturated carbocycles. The Kier molecular flexibility index (Phi) is 3.89. The molecule has 0 aliphatic rings. The van der Waals surface area contributed by atoms with Crippen LogP contribution in [-0.4, -0.2) is 28.1 Å². The minimum Gasteiger partial charge on any atom is -0.508 e. The zero-order valence-corrected chi connectivity index (χ0v) is 10.9. The number of nitrogens with zero attached hydrogens (tertiary/aromatic N) is 1. The fraction of sp³-hybridized carbons (Fsp3) is 0.133. The summed E-state index contributed by atoms with van der Waals surface area (Å²) in [6, 6.07) is 9.73. The van der Waals surface area contributed by atoms with E-state index in [0.717, 1.165) is 6.07 Å². The third-order valence-electron chi connectivity index (χ3n) is 2.87. The molecular weight excluding hydrogens is 261 g/mol. The van der Waals surface area contributed by atoms with Gasteiger partial charge < -0.3 is 15.1 Å². The second kappa shape index (κ2) is 5.61. The van der Waals surface area contributed by atoms with Crippen molar-refractivity contribution in [1.29, 1.82) is 0 Å². The monoisotopic (exact) mass is 275 g/mol. The van der Waals surface area contributed by atoms with E-state index in [-0.39, 0.29) is 29.4 Å². The van der Waals surface area contributed by atoms with Crippen molar-refractivity contribution in [3.63, 3.8) is 0 Å². The maximum atomic E-state index is 13.1. The van der Waals surface area contributed by atoms with Gasteiger partial charge in [-0.15, -0.1) is 0 Å². The molecule has 2 aromatic rings. The van der Waals surface area contributed by atoms with Gasteiger partial charge in [0.1, 0.15) is 17.3 Å². The summed E-state index contributed by atoms with van der Waals surface area (Å²) in [6.45, 7) is 0.219. The number of phenolic OH excluding ortho intramolecular Hbond substituents is 2. The van der Waals surface area contributed by atoms with Crippen LogP contribution in [0.1, 0.15) is 15.9 Å². The number of halogens is 1. The summed E-state index contributed by atoms with van der Waals surface area (Å²) < 4.78 is 13.1. The van der Waals surface area contributed by atoms with Crippen molar-refractivity contribution in [2.45, 2.75) is 6.54 Å². The molecule has 0 atom stereocenters. The second-order valence-corrected chi connectivity index (χ2v) is 4.49. The van der Waals surface area contributed by atoms with E-state index in [9.17, 15) is 19.4 Å². The summed E-state index contributed by atoms with van der Waals surface area (Å²) >= 11 is 0. The number of benzene rings is 2. The van der Waals surface area contributed by atoms with Gasteiger partial charge in [-0.25, -0.2) is 4.39 Å². The molecule has 0 aromatic heterocycles. The van der Waals surface area contributed by atoms with Crippen LogP contribution >= 0.6 is 0 Å². The minimum absolute atomic E-state index is 0.0849. The largest absolute Gasteiger partial charge is 0.508 e. The summed E-state index contributed by atoms with van der Waals surface area (Å²) in [4.78, 5) is 13.5. The van der Waals surface area contributed by atoms with E-state index < -0.39 is 5.91 Å². The predicted molar refractivity (Wildman–Crippen MR) is 72.0 cm³/mol. The van der Waals surface area contributed by atoms with E-state index in [4.69, 9.17) is 0 Å². The van der Waals surface area contributed by atoms with Crippen LogP contribution in [0.4, 0.5) is 4.39 Å². The third-order valence-corrected chi connectivity index (χ3v) is 2.87. The number of aromatic hydroxyl groups is 2. The molecule has 0 aliphatic heterocycles. The first-order chi connectivity index (χ1) is 9.47. The van der Waals surface area contributed by atoms with Gasteiger partial charge in [0.25, 0.3) is 5.91 Å². The van der Waals surface area contributed by atoms with Gasteiger partial charge in [-0.3, -0.25) is 4.79 Å². The molecule has 0 unspecified atom stereocenters. The highest BCUT2D eigenvalue weighted by Crippen LogP contribution is 2.24. The fourth-order valence-corrected chi connectivity index (χ4v) is 1.89. The summed E-state index contributed by atoms with van der Waals surface area (Å²) in [5.41, 5.74) is 0.737. The molecule has 0 bridgehead atoms. The molecule has 2 rings (SSSR count). The molecule has 0 spiro atoms. The normalized spacial score (nSPS) is 10.3. The van der Waals surface area contributed by atoms with E-state index in [2.05, 4.69) is 0 Å². The highest BCUT2D eigenvalue weighted by atomic mass is 19.1. The lowest BCUT2D eigenvalue weighted by atomic mass is 10.1. The van der Waals surface area contributed by atoms with Gasteiger partial charge in [0.05, 0.1) is 5.56 Å². The van der Waals surface area contributed by atoms with Gasteiger partial charge in [0.2, 0.25) is 0 Å². The van der Waals surface area contributed by atoms with Gasteiger partial charge in [-0.05, 0) is 29.8 Å². The zero-order valence-electron chi connectivity index (χ0n) is 10.9. The Labute approximate surface area is 115 Å². The second-order valence-electron chi connectivity index (χ2n) is 4.49. The molecule has 0 fully saturated rings. The molecule has 0 heterocycles. The number of rotatable bonds is 3. The number of carbonyl (C=O) groups is 1. The lowest BCUT2D eigenvalue weighted by Gasteiger charge is -2.18. The standard InChI is InChI=1S/C15H14FNO3/c1-17(9-10-3-2-4-11(16)7-10)15(20)13-6-5-12(18)8-14(13)19/h2-8,18-19H,9H2,1H3. The van der Waals surface area contributed by atoms with Crippen molar-refractivity contribution < 1.29 is 19.4 Å². The van der Waals surface area contributed by atoms with E-state index in [0.29, 0.717) is 5.56 Å². The predicted octanol–water partition coefficient (Wildman–Crippen LogP) is 2.51. The number of carbonyl (C=O) groups excluding carboxylic acids is 1. The first-order valence-electron chi connectivity index (χ1n) is 5.99. The number of hydrogen-bond acceptors (Lipinski definition) is 3. The van der Waals surface area contributed by atoms with Crippen LogP contribution in [0.25, 0.3) is 0 Å². The maximum absolute atomic E-state index is 13.1. The molecule has 0 radical (unpaired) electrons. The van der Waals surface area contributed by atoms with Crippen molar-refractivity contribution in [2.24, 2.45) is 0 Å². The molecule has 2 N–H and O–H groups in total. The molecule has 0 aliphatic carbocycles. The van der Waals surface area contributed by atoms with Crippen LogP contribution in [0.15, 0.2) is 42.5 Å². The Balaban J connectivity index is 2.16. The first-order valence-corrected chi connectivity index (χ1v) is 5.99. The minimum atomic E-state index is -0.410. The van der Waals surface area contributed by atoms with Gasteiger partial charge in [-0.1, -0.05) is 12.1 Å². The molecule has 104 valence electrons. The summed E-state index contributed by atoms with van der Waals surface area (Å²) in [5, 5.41) is 18.9. The van der Waals surface area contributed by atoms with Gasteiger partial charge in [0, 0.05) is 19.7 Å². The van der Waals surface area contributed by atoms with Crippen LogP contribution < -0.4 is 0 Å². The number of amides is 1. The molecule has 5 heteroatoms. The van der Waals surface area contributed by atoms with Gasteiger partial charge in [0.15, 0.2) is 0 Å². The lowest BCUT2D eigenvalue weighted by molar-refractivity contribution is 0.0782. The molecule has 1 amide bonds. The van der Waals surface area contributed by atoms with E-state index >= 15 is 0 Å². The molecule has 20 heavy (non-hydrogen) atoms. The van der Waals surface area contributed by atoms with Crippen molar-refractivity contribution in [1.82, 2.24) is 4.90 Å². The Morgan fingerprint density at radius 2 is 1.95 bits per heavy atom. The van der Waals surface area contributed by atoms with Crippen LogP contribution in [0, 0.1) is 5.82 Å². The average molecular weight is 275 g/mol. The third kappa shape index (κ3) is 3.06. The van der Waals surface area contributed by atoms with Gasteiger partial charge >= 0.3 is 0 Å². The van der Waals surface area contributed by atoms with Crippen molar-refractivity contribution in [2.75, 3.05) is 7.05 Å². The molecule has 2 aromatic carbocycles. The Morgan fingerprint density at radius 3 is 2.60 bits per heavy atom. The Hall–Kier alpha value is -2.56. The van der Waals surface area contributed by atoms with Crippen LogP contribution in [0.2, 0.25) is 0 Å². The highest BCUT2D eigenvalue weighted by molar-refractivity contribution is 5.96. The lowest BCUT2D eigenvalue weighted by Crippen LogP contribution is -2.26. The SMILES string of the molecule is CN(Cc1cccc(F)c1)C(=O)c1ccc(O)cc1O. The molecule has 0 saturated heterocycles. The number of phenols is 2. The fourth-order valence-electron chi connectivity index (χ4n) is 1.89. The first kappa shape index (κ1) is 13.9. The quantitative estimate of drug-likeness (QED) is 0.904. The van der Waals surface area contributed by atoms with Gasteiger partial charge in [-0.2, -0.15) is 0 Å². The van der Waals surface area contributed by atoms with Crippen molar-refractivity contribution >= 4 is 5.91 Å². The highest BCUT2D eigenvalue weighted by Gasteiger charge is 2.16. The maximum Gasteiger partial charge on any atom is 0.257 e. The van der Waals surface area contributed by atoms with E-state index in [1.807, 2.05) is 0 Å². The smallest absolute Gasteiger partial charge is 0.257 e. The Morgan fingerprint density at radius 1 is 1.20 bits per heavy atom. The van der Waals surface area contributed by atoms with E-state index in [1.54, 1.807) is 19.2 Å². The molecule has 4 nitrogen and oxygen atoms in total. The summed E-state index contributed by atoms with van der Waals surface area (Å²) in [5.74, 6) is -1.18. The Bertz CT molecular complexity index is 643. The summed E-state index contributed by atoms with van der Waals surface area (Å²) in [7, 11) is 1.56. The topological polar surface area (TPSA) is 60.8 Å².